The maximum Gasteiger partial charge on any atom is 0.352 e. The molecule has 0 unspecified atom stereocenters. The summed E-state index contributed by atoms with van der Waals surface area (Å²) in [4.78, 5) is 32.2. The number of halogens is 1. The topological polar surface area (TPSA) is 105 Å². The normalized spacial score (nSPS) is 15.0. The molecule has 8 heteroatoms. The molecule has 0 radical (unpaired) electrons. The summed E-state index contributed by atoms with van der Waals surface area (Å²) >= 11 is 5.52. The third-order valence-corrected chi connectivity index (χ3v) is 4.65. The van der Waals surface area contributed by atoms with Gasteiger partial charge < -0.3 is 14.8 Å². The van der Waals surface area contributed by atoms with Gasteiger partial charge in [-0.25, -0.2) is 9.78 Å². The van der Waals surface area contributed by atoms with Crippen LogP contribution in [0, 0.1) is 5.92 Å². The lowest BCUT2D eigenvalue weighted by Gasteiger charge is -2.23. The van der Waals surface area contributed by atoms with Gasteiger partial charge in [-0.2, -0.15) is 4.98 Å². The van der Waals surface area contributed by atoms with E-state index in [1.165, 1.54) is 44.4 Å². The molecule has 0 bridgehead atoms. The minimum Gasteiger partial charge on any atom is -0.477 e. The number of esters is 1. The van der Waals surface area contributed by atoms with E-state index in [0.29, 0.717) is 17.5 Å². The monoisotopic (exact) mass is 409 g/mol. The van der Waals surface area contributed by atoms with Crippen LogP contribution in [0.3, 0.4) is 0 Å². The molecule has 2 heterocycles. The van der Waals surface area contributed by atoms with Crippen LogP contribution in [-0.4, -0.2) is 37.6 Å². The van der Waals surface area contributed by atoms with E-state index in [-0.39, 0.29) is 22.5 Å². The Bertz CT molecular complexity index is 807. The van der Waals surface area contributed by atoms with Gasteiger partial charge in [0.1, 0.15) is 16.9 Å². The molecule has 0 aromatic carbocycles. The van der Waals surface area contributed by atoms with Crippen LogP contribution in [0.1, 0.15) is 76.2 Å². The van der Waals surface area contributed by atoms with Crippen molar-refractivity contribution in [2.45, 2.75) is 71.3 Å². The summed E-state index contributed by atoms with van der Waals surface area (Å²) in [7, 11) is 0. The molecule has 0 spiro atoms. The Morgan fingerprint density at radius 3 is 2.57 bits per heavy atom. The summed E-state index contributed by atoms with van der Waals surface area (Å²) in [6, 6.07) is 1.45. The second-order valence-corrected chi connectivity index (χ2v) is 8.40. The first-order valence-corrected chi connectivity index (χ1v) is 9.98. The Morgan fingerprint density at radius 1 is 1.29 bits per heavy atom. The van der Waals surface area contributed by atoms with Gasteiger partial charge in [-0.05, 0) is 50.8 Å². The van der Waals surface area contributed by atoms with Crippen LogP contribution in [0.4, 0.5) is 0 Å². The predicted molar refractivity (Wildman–Crippen MR) is 108 cm³/mol. The van der Waals surface area contributed by atoms with Crippen molar-refractivity contribution in [3.8, 4) is 0 Å². The van der Waals surface area contributed by atoms with E-state index in [1.807, 2.05) is 20.8 Å². The summed E-state index contributed by atoms with van der Waals surface area (Å²) in [5.74, 6) is -0.298. The Hall–Kier alpha value is -2.15. The molecule has 2 N–H and O–H groups in total. The van der Waals surface area contributed by atoms with Gasteiger partial charge in [0, 0.05) is 18.0 Å². The van der Waals surface area contributed by atoms with Gasteiger partial charge in [0.25, 0.3) is 0 Å². The van der Waals surface area contributed by atoms with Crippen molar-refractivity contribution in [3.63, 3.8) is 0 Å². The highest BCUT2D eigenvalue weighted by Crippen LogP contribution is 2.27. The smallest absolute Gasteiger partial charge is 0.352 e. The first-order valence-electron chi connectivity index (χ1n) is 9.60. The van der Waals surface area contributed by atoms with Crippen molar-refractivity contribution in [2.75, 3.05) is 0 Å². The number of ether oxygens (including phenoxy) is 1. The highest BCUT2D eigenvalue weighted by molar-refractivity contribution is 6.28. The summed E-state index contributed by atoms with van der Waals surface area (Å²) in [6.45, 7) is 5.77. The van der Waals surface area contributed by atoms with E-state index < -0.39 is 5.97 Å². The van der Waals surface area contributed by atoms with Crippen LogP contribution in [0.2, 0.25) is 5.28 Å². The molecule has 7 nitrogen and oxygen atoms in total. The fourth-order valence-electron chi connectivity index (χ4n) is 3.20. The first kappa shape index (κ1) is 22.1. The second-order valence-electron chi connectivity index (χ2n) is 8.06. The van der Waals surface area contributed by atoms with Crippen molar-refractivity contribution in [1.82, 2.24) is 15.0 Å². The zero-order valence-corrected chi connectivity index (χ0v) is 17.4. The Balaban J connectivity index is 0.000000202. The van der Waals surface area contributed by atoms with Crippen LogP contribution >= 0.6 is 11.6 Å². The molecular weight excluding hydrogens is 382 g/mol. The third kappa shape index (κ3) is 7.46. The molecule has 1 saturated carbocycles. The zero-order valence-electron chi connectivity index (χ0n) is 16.6. The minimum atomic E-state index is -1.03. The van der Waals surface area contributed by atoms with Crippen molar-refractivity contribution >= 4 is 34.6 Å². The average molecular weight is 410 g/mol. The summed E-state index contributed by atoms with van der Waals surface area (Å²) in [5.41, 5.74) is 0.174. The molecule has 2 aromatic heterocycles. The van der Waals surface area contributed by atoms with Crippen molar-refractivity contribution in [3.05, 3.63) is 23.2 Å². The largest absolute Gasteiger partial charge is 0.477 e. The van der Waals surface area contributed by atoms with Crippen LogP contribution in [0.15, 0.2) is 12.3 Å². The number of nitrogens with zero attached hydrogens (tertiary/aromatic N) is 2. The fraction of sp³-hybridized carbons (Fsp3) is 0.600. The Morgan fingerprint density at radius 2 is 1.96 bits per heavy atom. The van der Waals surface area contributed by atoms with Gasteiger partial charge in [-0.1, -0.05) is 32.1 Å². The quantitative estimate of drug-likeness (QED) is 0.543. The third-order valence-electron chi connectivity index (χ3n) is 4.47. The number of carbonyl (C=O) groups excluding carboxylic acids is 1. The maximum atomic E-state index is 11.5. The minimum absolute atomic E-state index is 0.0342. The Labute approximate surface area is 169 Å². The maximum absolute atomic E-state index is 11.5. The van der Waals surface area contributed by atoms with E-state index in [0.717, 1.165) is 12.3 Å². The number of aromatic nitrogens is 3. The number of hydrogen-bond donors (Lipinski definition) is 2. The number of H-pyrrole nitrogens is 1. The van der Waals surface area contributed by atoms with Crippen LogP contribution < -0.4 is 0 Å². The average Bonchev–Trinajstić information content (AvgIpc) is 3.03. The number of carboxylic acids is 1. The highest BCUT2D eigenvalue weighted by Gasteiger charge is 2.19. The molecule has 2 aromatic rings. The number of fused-ring (bicyclic) bond motifs is 1. The number of nitrogens with one attached hydrogen (secondary N) is 1. The van der Waals surface area contributed by atoms with E-state index in [9.17, 15) is 9.59 Å². The van der Waals surface area contributed by atoms with Gasteiger partial charge in [-0.15, -0.1) is 0 Å². The molecule has 0 saturated heterocycles. The van der Waals surface area contributed by atoms with Crippen LogP contribution in [0.25, 0.3) is 11.0 Å². The number of rotatable bonds is 4. The molecule has 28 heavy (non-hydrogen) atoms. The molecule has 1 fully saturated rings. The summed E-state index contributed by atoms with van der Waals surface area (Å²) < 4.78 is 5.29. The highest BCUT2D eigenvalue weighted by atomic mass is 35.5. The number of carboxylic acid groups (broad SMARTS) is 1. The number of aromatic amines is 1. The Kier molecular flexibility index (Phi) is 7.80. The lowest BCUT2D eigenvalue weighted by atomic mass is 9.86. The molecule has 3 rings (SSSR count). The van der Waals surface area contributed by atoms with Crippen LogP contribution in [0.5, 0.6) is 0 Å². The lowest BCUT2D eigenvalue weighted by Crippen LogP contribution is -2.24. The van der Waals surface area contributed by atoms with Gasteiger partial charge in [0.2, 0.25) is 5.28 Å². The summed E-state index contributed by atoms with van der Waals surface area (Å²) in [5, 5.41) is 9.36. The van der Waals surface area contributed by atoms with Crippen molar-refractivity contribution in [1.29, 1.82) is 0 Å². The second kappa shape index (κ2) is 9.87. The number of aromatic carboxylic acids is 1. The van der Waals surface area contributed by atoms with E-state index >= 15 is 0 Å². The van der Waals surface area contributed by atoms with E-state index in [2.05, 4.69) is 15.0 Å². The van der Waals surface area contributed by atoms with Gasteiger partial charge >= 0.3 is 11.9 Å². The SMILES string of the molecule is CC(C)(C)OC(=O)CCC1CCCCC1.O=C(O)c1cc2cnc(Cl)nc2[nH]1. The van der Waals surface area contributed by atoms with Crippen molar-refractivity contribution < 1.29 is 19.4 Å². The lowest BCUT2D eigenvalue weighted by molar-refractivity contribution is -0.155. The van der Waals surface area contributed by atoms with Gasteiger partial charge in [0.05, 0.1) is 0 Å². The number of carbonyl (C=O) groups is 2. The first-order chi connectivity index (χ1) is 13.1. The van der Waals surface area contributed by atoms with E-state index in [4.69, 9.17) is 21.4 Å². The fourth-order valence-corrected chi connectivity index (χ4v) is 3.33. The predicted octanol–water partition coefficient (Wildman–Crippen LogP) is 5.00. The molecular formula is C20H28ClN3O4. The number of hydrogen-bond acceptors (Lipinski definition) is 5. The summed E-state index contributed by atoms with van der Waals surface area (Å²) in [6.07, 6.45) is 9.77. The molecule has 154 valence electrons. The molecule has 0 aliphatic heterocycles. The molecule has 1 aliphatic carbocycles. The van der Waals surface area contributed by atoms with Gasteiger partial charge in [-0.3, -0.25) is 4.79 Å². The molecule has 0 atom stereocenters. The zero-order chi connectivity index (χ0) is 20.7. The standard InChI is InChI=1S/C13H24O2.C7H4ClN3O2/c1-13(2,3)15-12(14)10-9-11-7-5-4-6-8-11;8-7-9-2-3-1-4(6(12)13)10-5(3)11-7/h11H,4-10H2,1-3H3;1-2H,(H,12,13)(H,9,10,11). The molecule has 0 amide bonds. The van der Waals surface area contributed by atoms with E-state index in [1.54, 1.807) is 0 Å². The van der Waals surface area contributed by atoms with Crippen molar-refractivity contribution in [2.24, 2.45) is 5.92 Å². The molecule has 1 aliphatic rings. The van der Waals surface area contributed by atoms with Gasteiger partial charge in [0.15, 0.2) is 0 Å². The van der Waals surface area contributed by atoms with Crippen LogP contribution in [-0.2, 0) is 9.53 Å².